The number of anilines is 3. The van der Waals surface area contributed by atoms with Gasteiger partial charge in [-0.25, -0.2) is 4.98 Å². The van der Waals surface area contributed by atoms with E-state index >= 15 is 0 Å². The number of hydrogen-bond acceptors (Lipinski definition) is 3. The van der Waals surface area contributed by atoms with Crippen LogP contribution in [-0.2, 0) is 0 Å². The first-order chi connectivity index (χ1) is 25.8. The standard InChI is InChI=1S/C49H32N2O/c1-3-12-33(13-4-1)36-17-11-18-40(30-36)51(41-27-28-43-38(31-41)24-29-47-48(43)52-49(50-47)35-14-5-2-6-15-35)39-25-22-34(23-26-39)46-32-37-16-7-8-19-42(37)44-20-9-10-21-45(44)46/h1-32H. The number of aromatic nitrogens is 1. The van der Waals surface area contributed by atoms with E-state index in [9.17, 15) is 0 Å². The Bertz CT molecular complexity index is 2890. The smallest absolute Gasteiger partial charge is 0.227 e. The molecule has 0 fully saturated rings. The van der Waals surface area contributed by atoms with Gasteiger partial charge in [-0.05, 0) is 116 Å². The Morgan fingerprint density at radius 2 is 1.00 bits per heavy atom. The maximum absolute atomic E-state index is 6.39. The molecule has 0 N–H and O–H groups in total. The molecule has 10 aromatic rings. The Labute approximate surface area is 301 Å². The molecule has 3 nitrogen and oxygen atoms in total. The first-order valence-electron chi connectivity index (χ1n) is 17.6. The van der Waals surface area contributed by atoms with Gasteiger partial charge in [0, 0.05) is 28.0 Å². The molecule has 0 aliphatic carbocycles. The summed E-state index contributed by atoms with van der Waals surface area (Å²) in [7, 11) is 0. The molecule has 0 saturated heterocycles. The fourth-order valence-corrected chi connectivity index (χ4v) is 7.53. The Kier molecular flexibility index (Phi) is 7.14. The summed E-state index contributed by atoms with van der Waals surface area (Å²) < 4.78 is 6.39. The van der Waals surface area contributed by atoms with E-state index in [4.69, 9.17) is 9.40 Å². The molecule has 10 rings (SSSR count). The summed E-state index contributed by atoms with van der Waals surface area (Å²) in [6, 6.07) is 68.9. The minimum absolute atomic E-state index is 0.630. The average molecular weight is 665 g/mol. The quantitative estimate of drug-likeness (QED) is 0.166. The van der Waals surface area contributed by atoms with Crippen LogP contribution < -0.4 is 4.90 Å². The number of nitrogens with zero attached hydrogens (tertiary/aromatic N) is 2. The van der Waals surface area contributed by atoms with Gasteiger partial charge in [0.15, 0.2) is 5.58 Å². The van der Waals surface area contributed by atoms with E-state index in [1.165, 1.54) is 43.8 Å². The topological polar surface area (TPSA) is 29.3 Å². The lowest BCUT2D eigenvalue weighted by Gasteiger charge is -2.26. The highest BCUT2D eigenvalue weighted by molar-refractivity contribution is 6.14. The zero-order valence-electron chi connectivity index (χ0n) is 28.3. The van der Waals surface area contributed by atoms with Gasteiger partial charge in [-0.3, -0.25) is 0 Å². The molecule has 0 radical (unpaired) electrons. The molecule has 0 aliphatic heterocycles. The largest absolute Gasteiger partial charge is 0.435 e. The number of oxazole rings is 1. The molecule has 9 aromatic carbocycles. The maximum atomic E-state index is 6.39. The van der Waals surface area contributed by atoms with E-state index in [-0.39, 0.29) is 0 Å². The first kappa shape index (κ1) is 29.9. The van der Waals surface area contributed by atoms with Crippen molar-refractivity contribution in [1.29, 1.82) is 0 Å². The van der Waals surface area contributed by atoms with Crippen molar-refractivity contribution < 1.29 is 4.42 Å². The van der Waals surface area contributed by atoms with Gasteiger partial charge in [0.2, 0.25) is 5.89 Å². The molecule has 0 saturated carbocycles. The third-order valence-electron chi connectivity index (χ3n) is 10.0. The van der Waals surface area contributed by atoms with Crippen LogP contribution in [0.4, 0.5) is 17.1 Å². The summed E-state index contributed by atoms with van der Waals surface area (Å²) in [4.78, 5) is 7.16. The second-order valence-electron chi connectivity index (χ2n) is 13.2. The van der Waals surface area contributed by atoms with Crippen LogP contribution in [0.5, 0.6) is 0 Å². The van der Waals surface area contributed by atoms with Gasteiger partial charge >= 0.3 is 0 Å². The third kappa shape index (κ3) is 5.19. The number of fused-ring (bicyclic) bond motifs is 6. The van der Waals surface area contributed by atoms with Gasteiger partial charge in [-0.15, -0.1) is 0 Å². The van der Waals surface area contributed by atoms with Gasteiger partial charge in [0.25, 0.3) is 0 Å². The highest BCUT2D eigenvalue weighted by Gasteiger charge is 2.17. The van der Waals surface area contributed by atoms with Crippen molar-refractivity contribution in [3.8, 4) is 33.7 Å². The maximum Gasteiger partial charge on any atom is 0.227 e. The van der Waals surface area contributed by atoms with Gasteiger partial charge in [-0.1, -0.05) is 127 Å². The van der Waals surface area contributed by atoms with Crippen molar-refractivity contribution in [1.82, 2.24) is 4.98 Å². The van der Waals surface area contributed by atoms with Crippen LogP contribution in [0.3, 0.4) is 0 Å². The fraction of sp³-hybridized carbons (Fsp3) is 0. The van der Waals surface area contributed by atoms with Crippen LogP contribution >= 0.6 is 0 Å². The minimum Gasteiger partial charge on any atom is -0.435 e. The second-order valence-corrected chi connectivity index (χ2v) is 13.2. The lowest BCUT2D eigenvalue weighted by molar-refractivity contribution is 0.623. The monoisotopic (exact) mass is 664 g/mol. The lowest BCUT2D eigenvalue weighted by Crippen LogP contribution is -2.10. The van der Waals surface area contributed by atoms with Gasteiger partial charge < -0.3 is 9.32 Å². The predicted molar refractivity (Wildman–Crippen MR) is 218 cm³/mol. The van der Waals surface area contributed by atoms with E-state index in [1.807, 2.05) is 30.3 Å². The average Bonchev–Trinajstić information content (AvgIpc) is 3.67. The van der Waals surface area contributed by atoms with Crippen molar-refractivity contribution in [2.75, 3.05) is 4.90 Å². The van der Waals surface area contributed by atoms with Gasteiger partial charge in [-0.2, -0.15) is 0 Å². The van der Waals surface area contributed by atoms with E-state index in [1.54, 1.807) is 0 Å². The SMILES string of the molecule is c1ccc(-c2cccc(N(c3ccc(-c4cc5ccccc5c5ccccc45)cc3)c3ccc4c(ccc5nc(-c6ccccc6)oc54)c3)c2)cc1. The number of hydrogen-bond donors (Lipinski definition) is 0. The summed E-state index contributed by atoms with van der Waals surface area (Å²) >= 11 is 0. The summed E-state index contributed by atoms with van der Waals surface area (Å²) in [5.74, 6) is 0.630. The molecule has 0 amide bonds. The van der Waals surface area contributed by atoms with E-state index in [0.29, 0.717) is 5.89 Å². The molecule has 1 heterocycles. The van der Waals surface area contributed by atoms with Gasteiger partial charge in [0.1, 0.15) is 5.52 Å². The van der Waals surface area contributed by atoms with E-state index < -0.39 is 0 Å². The molecule has 0 spiro atoms. The van der Waals surface area contributed by atoms with Crippen LogP contribution in [-0.4, -0.2) is 4.98 Å². The van der Waals surface area contributed by atoms with Crippen molar-refractivity contribution in [3.63, 3.8) is 0 Å². The highest BCUT2D eigenvalue weighted by atomic mass is 16.3. The molecule has 0 bridgehead atoms. The van der Waals surface area contributed by atoms with Gasteiger partial charge in [0.05, 0.1) is 0 Å². The third-order valence-corrected chi connectivity index (χ3v) is 10.0. The normalized spacial score (nSPS) is 11.5. The Balaban J connectivity index is 1.11. The number of benzene rings is 9. The van der Waals surface area contributed by atoms with E-state index in [0.717, 1.165) is 44.5 Å². The summed E-state index contributed by atoms with van der Waals surface area (Å²) in [6.45, 7) is 0. The van der Waals surface area contributed by atoms with Crippen molar-refractivity contribution >= 4 is 60.5 Å². The van der Waals surface area contributed by atoms with Crippen molar-refractivity contribution in [2.45, 2.75) is 0 Å². The molecular weight excluding hydrogens is 633 g/mol. The van der Waals surface area contributed by atoms with Crippen LogP contribution in [0, 0.1) is 0 Å². The Hall–Kier alpha value is -6.97. The fourth-order valence-electron chi connectivity index (χ4n) is 7.53. The molecule has 0 aliphatic rings. The molecule has 3 heteroatoms. The highest BCUT2D eigenvalue weighted by Crippen LogP contribution is 2.41. The van der Waals surface area contributed by atoms with Crippen molar-refractivity contribution in [2.24, 2.45) is 0 Å². The number of rotatable bonds is 6. The Morgan fingerprint density at radius 1 is 0.365 bits per heavy atom. The van der Waals surface area contributed by atoms with Crippen LogP contribution in [0.1, 0.15) is 0 Å². The van der Waals surface area contributed by atoms with Crippen LogP contribution in [0.2, 0.25) is 0 Å². The molecule has 0 unspecified atom stereocenters. The Morgan fingerprint density at radius 3 is 1.81 bits per heavy atom. The minimum atomic E-state index is 0.630. The first-order valence-corrected chi connectivity index (χ1v) is 17.6. The molecule has 0 atom stereocenters. The van der Waals surface area contributed by atoms with Crippen LogP contribution in [0.25, 0.3) is 77.1 Å². The van der Waals surface area contributed by atoms with E-state index in [2.05, 4.69) is 169 Å². The molecular formula is C49H32N2O. The summed E-state index contributed by atoms with van der Waals surface area (Å²) in [5.41, 5.74) is 10.6. The zero-order valence-corrected chi connectivity index (χ0v) is 28.3. The lowest BCUT2D eigenvalue weighted by atomic mass is 9.93. The second kappa shape index (κ2) is 12.4. The van der Waals surface area contributed by atoms with Crippen molar-refractivity contribution in [3.05, 3.63) is 194 Å². The molecule has 244 valence electrons. The van der Waals surface area contributed by atoms with Crippen LogP contribution in [0.15, 0.2) is 199 Å². The summed E-state index contributed by atoms with van der Waals surface area (Å²) in [6.07, 6.45) is 0. The molecule has 52 heavy (non-hydrogen) atoms. The zero-order chi connectivity index (χ0) is 34.4. The summed E-state index contributed by atoms with van der Waals surface area (Å²) in [5, 5.41) is 7.17. The molecule has 1 aromatic heterocycles. The predicted octanol–water partition coefficient (Wildman–Crippen LogP) is 13.8.